The van der Waals surface area contributed by atoms with Crippen molar-refractivity contribution in [2.45, 2.75) is 25.7 Å². The first kappa shape index (κ1) is 13.7. The molecule has 20 heavy (non-hydrogen) atoms. The molecule has 0 atom stereocenters. The third-order valence-electron chi connectivity index (χ3n) is 4.62. The van der Waals surface area contributed by atoms with Crippen LogP contribution in [-0.2, 0) is 0 Å². The van der Waals surface area contributed by atoms with Gasteiger partial charge in [-0.2, -0.15) is 0 Å². The highest BCUT2D eigenvalue weighted by Gasteiger charge is 2.19. The monoisotopic (exact) mass is 274 g/mol. The number of nitrogens with zero attached hydrogens (tertiary/aromatic N) is 2. The topological polar surface area (TPSA) is 15.7 Å². The van der Waals surface area contributed by atoms with E-state index in [1.54, 1.807) is 0 Å². The molecule has 0 bridgehead atoms. The highest BCUT2D eigenvalue weighted by atomic mass is 16.5. The Balaban J connectivity index is 1.59. The molecule has 0 saturated carbocycles. The van der Waals surface area contributed by atoms with Crippen molar-refractivity contribution in [3.63, 3.8) is 0 Å². The number of benzene rings is 1. The molecular formula is C17H26N2O. The van der Waals surface area contributed by atoms with E-state index in [1.807, 2.05) is 0 Å². The van der Waals surface area contributed by atoms with Gasteiger partial charge in [-0.25, -0.2) is 0 Å². The molecule has 3 rings (SSSR count). The Morgan fingerprint density at radius 1 is 1.05 bits per heavy atom. The summed E-state index contributed by atoms with van der Waals surface area (Å²) in [6.07, 6.45) is 5.15. The zero-order valence-corrected chi connectivity index (χ0v) is 12.6. The average Bonchev–Trinajstić information content (AvgIpc) is 3.01. The van der Waals surface area contributed by atoms with Crippen LogP contribution in [0.15, 0.2) is 24.3 Å². The summed E-state index contributed by atoms with van der Waals surface area (Å²) in [4.78, 5) is 4.87. The summed E-state index contributed by atoms with van der Waals surface area (Å²) >= 11 is 0. The second kappa shape index (κ2) is 6.49. The van der Waals surface area contributed by atoms with Gasteiger partial charge in [0, 0.05) is 13.1 Å². The first-order chi connectivity index (χ1) is 9.83. The van der Waals surface area contributed by atoms with Crippen LogP contribution in [0.25, 0.3) is 0 Å². The SMILES string of the molecule is CN1CCC(COc2ccccc2N2CCCC2)CC1. The van der Waals surface area contributed by atoms with Crippen LogP contribution < -0.4 is 9.64 Å². The molecule has 1 aromatic carbocycles. The summed E-state index contributed by atoms with van der Waals surface area (Å²) in [5, 5.41) is 0. The molecule has 3 nitrogen and oxygen atoms in total. The van der Waals surface area contributed by atoms with E-state index in [0.717, 1.165) is 18.3 Å². The Labute approximate surface area is 122 Å². The highest BCUT2D eigenvalue weighted by molar-refractivity contribution is 5.58. The Morgan fingerprint density at radius 2 is 1.75 bits per heavy atom. The molecule has 2 aliphatic rings. The molecule has 0 radical (unpaired) electrons. The normalized spacial score (nSPS) is 21.4. The van der Waals surface area contributed by atoms with Gasteiger partial charge >= 0.3 is 0 Å². The zero-order valence-electron chi connectivity index (χ0n) is 12.6. The summed E-state index contributed by atoms with van der Waals surface area (Å²) < 4.78 is 6.16. The van der Waals surface area contributed by atoms with Crippen LogP contribution in [0, 0.1) is 5.92 Å². The number of para-hydroxylation sites is 2. The van der Waals surface area contributed by atoms with Gasteiger partial charge in [0.2, 0.25) is 0 Å². The number of hydrogen-bond acceptors (Lipinski definition) is 3. The molecular weight excluding hydrogens is 248 g/mol. The Bertz CT molecular complexity index is 421. The zero-order chi connectivity index (χ0) is 13.8. The summed E-state index contributed by atoms with van der Waals surface area (Å²) in [7, 11) is 2.21. The minimum absolute atomic E-state index is 0.720. The van der Waals surface area contributed by atoms with Gasteiger partial charge in [0.25, 0.3) is 0 Å². The molecule has 3 heteroatoms. The van der Waals surface area contributed by atoms with Gasteiger partial charge in [0.1, 0.15) is 5.75 Å². The van der Waals surface area contributed by atoms with E-state index in [0.29, 0.717) is 0 Å². The quantitative estimate of drug-likeness (QED) is 0.839. The van der Waals surface area contributed by atoms with Gasteiger partial charge in [0.05, 0.1) is 12.3 Å². The highest BCUT2D eigenvalue weighted by Crippen LogP contribution is 2.31. The summed E-state index contributed by atoms with van der Waals surface area (Å²) in [5.74, 6) is 1.80. The summed E-state index contributed by atoms with van der Waals surface area (Å²) in [6.45, 7) is 5.64. The summed E-state index contributed by atoms with van der Waals surface area (Å²) in [5.41, 5.74) is 1.29. The van der Waals surface area contributed by atoms with Crippen LogP contribution in [0.2, 0.25) is 0 Å². The number of rotatable bonds is 4. The van der Waals surface area contributed by atoms with E-state index in [-0.39, 0.29) is 0 Å². The van der Waals surface area contributed by atoms with E-state index in [4.69, 9.17) is 4.74 Å². The van der Waals surface area contributed by atoms with Crippen molar-refractivity contribution in [3.05, 3.63) is 24.3 Å². The average molecular weight is 274 g/mol. The molecule has 2 aliphatic heterocycles. The fourth-order valence-electron chi connectivity index (χ4n) is 3.23. The first-order valence-electron chi connectivity index (χ1n) is 7.98. The maximum atomic E-state index is 6.16. The maximum Gasteiger partial charge on any atom is 0.142 e. The van der Waals surface area contributed by atoms with Gasteiger partial charge in [-0.05, 0) is 63.9 Å². The minimum Gasteiger partial charge on any atom is -0.491 e. The Morgan fingerprint density at radius 3 is 2.50 bits per heavy atom. The van der Waals surface area contributed by atoms with Crippen molar-refractivity contribution in [1.29, 1.82) is 0 Å². The number of piperidine rings is 1. The molecule has 110 valence electrons. The van der Waals surface area contributed by atoms with E-state index >= 15 is 0 Å². The third-order valence-corrected chi connectivity index (χ3v) is 4.62. The van der Waals surface area contributed by atoms with Crippen molar-refractivity contribution in [2.24, 2.45) is 5.92 Å². The van der Waals surface area contributed by atoms with Crippen LogP contribution >= 0.6 is 0 Å². The van der Waals surface area contributed by atoms with Crippen LogP contribution in [0.5, 0.6) is 5.75 Å². The minimum atomic E-state index is 0.720. The van der Waals surface area contributed by atoms with Crippen molar-refractivity contribution in [2.75, 3.05) is 44.7 Å². The lowest BCUT2D eigenvalue weighted by Gasteiger charge is -2.29. The maximum absolute atomic E-state index is 6.16. The number of likely N-dealkylation sites (tertiary alicyclic amines) is 1. The lowest BCUT2D eigenvalue weighted by Crippen LogP contribution is -2.32. The van der Waals surface area contributed by atoms with Gasteiger partial charge in [-0.1, -0.05) is 12.1 Å². The number of ether oxygens (including phenoxy) is 1. The molecule has 0 N–H and O–H groups in total. The second-order valence-corrected chi connectivity index (χ2v) is 6.22. The van der Waals surface area contributed by atoms with Gasteiger partial charge in [0.15, 0.2) is 0 Å². The van der Waals surface area contributed by atoms with Crippen LogP contribution in [0.1, 0.15) is 25.7 Å². The molecule has 2 fully saturated rings. The molecule has 2 heterocycles. The second-order valence-electron chi connectivity index (χ2n) is 6.22. The Hall–Kier alpha value is -1.22. The van der Waals surface area contributed by atoms with Crippen molar-refractivity contribution in [1.82, 2.24) is 4.90 Å². The lowest BCUT2D eigenvalue weighted by atomic mass is 9.98. The Kier molecular flexibility index (Phi) is 4.46. The number of hydrogen-bond donors (Lipinski definition) is 0. The van der Waals surface area contributed by atoms with Gasteiger partial charge in [-0.15, -0.1) is 0 Å². The smallest absolute Gasteiger partial charge is 0.142 e. The van der Waals surface area contributed by atoms with Crippen LogP contribution in [0.4, 0.5) is 5.69 Å². The predicted molar refractivity (Wildman–Crippen MR) is 83.6 cm³/mol. The molecule has 0 aliphatic carbocycles. The van der Waals surface area contributed by atoms with E-state index in [2.05, 4.69) is 41.1 Å². The molecule has 2 saturated heterocycles. The summed E-state index contributed by atoms with van der Waals surface area (Å²) in [6, 6.07) is 8.54. The predicted octanol–water partition coefficient (Wildman–Crippen LogP) is 3.01. The molecule has 0 spiro atoms. The third kappa shape index (κ3) is 3.26. The first-order valence-corrected chi connectivity index (χ1v) is 7.98. The largest absolute Gasteiger partial charge is 0.491 e. The lowest BCUT2D eigenvalue weighted by molar-refractivity contribution is 0.160. The van der Waals surface area contributed by atoms with E-state index < -0.39 is 0 Å². The standard InChI is InChI=1S/C17H26N2O/c1-18-12-8-15(9-13-18)14-20-17-7-3-2-6-16(17)19-10-4-5-11-19/h2-3,6-7,15H,4-5,8-14H2,1H3. The van der Waals surface area contributed by atoms with E-state index in [1.165, 1.54) is 57.5 Å². The molecule has 0 aromatic heterocycles. The van der Waals surface area contributed by atoms with E-state index in [9.17, 15) is 0 Å². The van der Waals surface area contributed by atoms with Crippen molar-refractivity contribution >= 4 is 5.69 Å². The van der Waals surface area contributed by atoms with Crippen molar-refractivity contribution < 1.29 is 4.74 Å². The molecule has 0 unspecified atom stereocenters. The van der Waals surface area contributed by atoms with Crippen molar-refractivity contribution in [3.8, 4) is 5.75 Å². The number of anilines is 1. The fourth-order valence-corrected chi connectivity index (χ4v) is 3.23. The van der Waals surface area contributed by atoms with Gasteiger partial charge < -0.3 is 14.5 Å². The van der Waals surface area contributed by atoms with Crippen LogP contribution in [-0.4, -0.2) is 44.7 Å². The van der Waals surface area contributed by atoms with Gasteiger partial charge in [-0.3, -0.25) is 0 Å². The molecule has 0 amide bonds. The molecule has 1 aromatic rings. The fraction of sp³-hybridized carbons (Fsp3) is 0.647. The van der Waals surface area contributed by atoms with Crippen LogP contribution in [0.3, 0.4) is 0 Å².